The highest BCUT2D eigenvalue weighted by Gasteiger charge is 2.33. The number of hydrogen-bond donors (Lipinski definition) is 0. The van der Waals surface area contributed by atoms with E-state index in [0.717, 1.165) is 12.1 Å². The van der Waals surface area contributed by atoms with Gasteiger partial charge in [0.1, 0.15) is 0 Å². The average molecular weight is 329 g/mol. The van der Waals surface area contributed by atoms with Gasteiger partial charge in [-0.2, -0.15) is 13.2 Å². The molecule has 2 aromatic rings. The predicted molar refractivity (Wildman–Crippen MR) is 79.2 cm³/mol. The van der Waals surface area contributed by atoms with Crippen LogP contribution < -0.4 is 5.69 Å². The summed E-state index contributed by atoms with van der Waals surface area (Å²) in [5.74, 6) is 0. The van der Waals surface area contributed by atoms with E-state index in [9.17, 15) is 18.0 Å². The molecule has 1 aliphatic rings. The highest BCUT2D eigenvalue weighted by atomic mass is 32.2. The fraction of sp³-hybridized carbons (Fsp3) is 0.429. The third kappa shape index (κ3) is 2.72. The summed E-state index contributed by atoms with van der Waals surface area (Å²) in [5, 5.41) is 0.358. The molecular weight excluding hydrogens is 315 g/mol. The molecule has 0 saturated carbocycles. The monoisotopic (exact) mass is 329 g/mol. The lowest BCUT2D eigenvalue weighted by molar-refractivity contribution is -0.137. The van der Waals surface area contributed by atoms with Crippen molar-refractivity contribution in [2.45, 2.75) is 22.9 Å². The van der Waals surface area contributed by atoms with Crippen molar-refractivity contribution in [1.29, 1.82) is 0 Å². The quantitative estimate of drug-likeness (QED) is 0.848. The van der Waals surface area contributed by atoms with E-state index in [0.29, 0.717) is 28.9 Å². The summed E-state index contributed by atoms with van der Waals surface area (Å²) in [4.78, 5) is 18.1. The number of benzene rings is 1. The van der Waals surface area contributed by atoms with Crippen molar-refractivity contribution in [3.8, 4) is 0 Å². The van der Waals surface area contributed by atoms with E-state index < -0.39 is 17.4 Å². The minimum atomic E-state index is -4.42. The molecule has 22 heavy (non-hydrogen) atoms. The maximum atomic E-state index is 13.0. The normalized spacial score (nSPS) is 18.2. The molecule has 1 aromatic heterocycles. The van der Waals surface area contributed by atoms with E-state index in [1.807, 2.05) is 19.0 Å². The van der Waals surface area contributed by atoms with Crippen molar-refractivity contribution in [2.75, 3.05) is 20.6 Å². The number of nitrogens with zero attached hydrogens (tertiary/aromatic N) is 3. The summed E-state index contributed by atoms with van der Waals surface area (Å²) in [7, 11) is 3.79. The average Bonchev–Trinajstić information content (AvgIpc) is 2.40. The van der Waals surface area contributed by atoms with Gasteiger partial charge in [0.25, 0.3) is 0 Å². The number of rotatable bonds is 2. The first-order chi connectivity index (χ1) is 10.3. The van der Waals surface area contributed by atoms with Gasteiger partial charge in [-0.25, -0.2) is 9.78 Å². The second-order valence-electron chi connectivity index (χ2n) is 5.56. The molecule has 0 fully saturated rings. The first-order valence-electron chi connectivity index (χ1n) is 6.68. The van der Waals surface area contributed by atoms with Gasteiger partial charge in [0.15, 0.2) is 0 Å². The topological polar surface area (TPSA) is 38.1 Å². The zero-order valence-corrected chi connectivity index (χ0v) is 12.8. The summed E-state index contributed by atoms with van der Waals surface area (Å²) in [6.07, 6.45) is -3.19. The highest BCUT2D eigenvalue weighted by molar-refractivity contribution is 8.00. The molecule has 0 saturated heterocycles. The van der Waals surface area contributed by atoms with E-state index in [1.165, 1.54) is 22.5 Å². The second-order valence-corrected chi connectivity index (χ2v) is 6.91. The molecule has 0 aliphatic carbocycles. The fourth-order valence-corrected chi connectivity index (χ4v) is 4.14. The molecule has 0 radical (unpaired) electrons. The molecule has 1 atom stereocenters. The van der Waals surface area contributed by atoms with E-state index in [2.05, 4.69) is 4.98 Å². The molecule has 0 amide bonds. The summed E-state index contributed by atoms with van der Waals surface area (Å²) in [6.45, 7) is 1.12. The van der Waals surface area contributed by atoms with Gasteiger partial charge in [-0.3, -0.25) is 4.57 Å². The van der Waals surface area contributed by atoms with Gasteiger partial charge in [-0.15, -0.1) is 11.8 Å². The van der Waals surface area contributed by atoms with Crippen LogP contribution in [-0.2, 0) is 12.7 Å². The van der Waals surface area contributed by atoms with Gasteiger partial charge in [0, 0.05) is 34.8 Å². The standard InChI is InChI=1S/C14H14F3N3OS/c1-19(2)6-10-7-20-12-8(5-18-13(20)21)3-9(14(15,16)17)4-11(12)22-10/h3-5,10H,6-7H2,1-2H3. The molecule has 2 heterocycles. The number of aromatic nitrogens is 2. The van der Waals surface area contributed by atoms with Crippen LogP contribution in [0, 0.1) is 0 Å². The lowest BCUT2D eigenvalue weighted by Gasteiger charge is -2.28. The van der Waals surface area contributed by atoms with Crippen LogP contribution in [0.3, 0.4) is 0 Å². The SMILES string of the molecule is CN(C)CC1Cn2c(=O)ncc3cc(C(F)(F)F)cc(c32)S1. The van der Waals surface area contributed by atoms with Gasteiger partial charge in [-0.1, -0.05) is 0 Å². The number of hydrogen-bond acceptors (Lipinski definition) is 4. The predicted octanol–water partition coefficient (Wildman–Crippen LogP) is 2.45. The molecule has 118 valence electrons. The number of alkyl halides is 3. The van der Waals surface area contributed by atoms with E-state index in [4.69, 9.17) is 0 Å². The lowest BCUT2D eigenvalue weighted by atomic mass is 10.1. The van der Waals surface area contributed by atoms with Crippen molar-refractivity contribution in [1.82, 2.24) is 14.5 Å². The van der Waals surface area contributed by atoms with Crippen LogP contribution >= 0.6 is 11.8 Å². The van der Waals surface area contributed by atoms with Crippen LogP contribution in [0.25, 0.3) is 10.9 Å². The first-order valence-corrected chi connectivity index (χ1v) is 7.56. The van der Waals surface area contributed by atoms with Crippen LogP contribution in [0.15, 0.2) is 28.0 Å². The molecule has 8 heteroatoms. The molecule has 0 spiro atoms. The van der Waals surface area contributed by atoms with E-state index >= 15 is 0 Å². The Balaban J connectivity index is 2.19. The van der Waals surface area contributed by atoms with Gasteiger partial charge in [0.2, 0.25) is 0 Å². The van der Waals surface area contributed by atoms with Crippen molar-refractivity contribution in [2.24, 2.45) is 0 Å². The van der Waals surface area contributed by atoms with Gasteiger partial charge in [-0.05, 0) is 26.2 Å². The molecule has 4 nitrogen and oxygen atoms in total. The van der Waals surface area contributed by atoms with Crippen molar-refractivity contribution in [3.63, 3.8) is 0 Å². The minimum absolute atomic E-state index is 0.0103. The van der Waals surface area contributed by atoms with Crippen LogP contribution in [0.1, 0.15) is 5.56 Å². The van der Waals surface area contributed by atoms with Crippen molar-refractivity contribution < 1.29 is 13.2 Å². The molecule has 0 N–H and O–H groups in total. The Morgan fingerprint density at radius 1 is 1.41 bits per heavy atom. The zero-order valence-electron chi connectivity index (χ0n) is 12.0. The highest BCUT2D eigenvalue weighted by Crippen LogP contribution is 2.40. The third-order valence-corrected chi connectivity index (χ3v) is 4.69. The lowest BCUT2D eigenvalue weighted by Crippen LogP contribution is -2.35. The van der Waals surface area contributed by atoms with E-state index in [-0.39, 0.29) is 5.25 Å². The Kier molecular flexibility index (Phi) is 3.68. The molecule has 1 aromatic carbocycles. The Morgan fingerprint density at radius 3 is 2.77 bits per heavy atom. The zero-order chi connectivity index (χ0) is 16.1. The molecule has 1 aliphatic heterocycles. The number of thioether (sulfide) groups is 1. The maximum absolute atomic E-state index is 13.0. The van der Waals surface area contributed by atoms with Crippen molar-refractivity contribution >= 4 is 22.7 Å². The maximum Gasteiger partial charge on any atom is 0.416 e. The molecule has 0 bridgehead atoms. The Labute approximate surface area is 128 Å². The summed E-state index contributed by atoms with van der Waals surface area (Å²) in [6, 6.07) is 2.18. The Morgan fingerprint density at radius 2 is 2.14 bits per heavy atom. The van der Waals surface area contributed by atoms with Crippen LogP contribution in [0.2, 0.25) is 0 Å². The summed E-state index contributed by atoms with van der Waals surface area (Å²) in [5.41, 5.74) is -0.578. The molecule has 1 unspecified atom stereocenters. The summed E-state index contributed by atoms with van der Waals surface area (Å²) >= 11 is 1.39. The van der Waals surface area contributed by atoms with Gasteiger partial charge < -0.3 is 4.90 Å². The van der Waals surface area contributed by atoms with Crippen LogP contribution in [-0.4, -0.2) is 40.3 Å². The first kappa shape index (κ1) is 15.4. The smallest absolute Gasteiger partial charge is 0.308 e. The van der Waals surface area contributed by atoms with E-state index in [1.54, 1.807) is 0 Å². The second kappa shape index (κ2) is 5.27. The van der Waals surface area contributed by atoms with Crippen molar-refractivity contribution in [3.05, 3.63) is 34.4 Å². The van der Waals surface area contributed by atoms with Gasteiger partial charge >= 0.3 is 11.9 Å². The molecular formula is C14H14F3N3OS. The minimum Gasteiger partial charge on any atom is -0.308 e. The van der Waals surface area contributed by atoms with Crippen LogP contribution in [0.5, 0.6) is 0 Å². The Hall–Kier alpha value is -1.54. The van der Waals surface area contributed by atoms with Gasteiger partial charge in [0.05, 0.1) is 11.1 Å². The fourth-order valence-electron chi connectivity index (χ4n) is 2.65. The Bertz CT molecular complexity index is 785. The van der Waals surface area contributed by atoms with Crippen LogP contribution in [0.4, 0.5) is 13.2 Å². The molecule has 3 rings (SSSR count). The largest absolute Gasteiger partial charge is 0.416 e. The summed E-state index contributed by atoms with van der Waals surface area (Å²) < 4.78 is 40.6. The number of halogens is 3. The third-order valence-electron chi connectivity index (χ3n) is 3.50.